The second-order valence-corrected chi connectivity index (χ2v) is 15.1. The normalized spacial score (nSPS) is 11.3. The molecule has 9 aromatic carbocycles. The van der Waals surface area contributed by atoms with Crippen molar-refractivity contribution in [2.75, 3.05) is 0 Å². The first-order chi connectivity index (χ1) is 29.7. The van der Waals surface area contributed by atoms with E-state index in [1.165, 1.54) is 27.3 Å². The van der Waals surface area contributed by atoms with Crippen LogP contribution in [0.5, 0.6) is 0 Å². The molecule has 0 saturated carbocycles. The van der Waals surface area contributed by atoms with E-state index in [0.717, 1.165) is 66.5 Å². The summed E-state index contributed by atoms with van der Waals surface area (Å²) in [4.78, 5) is 20.4. The van der Waals surface area contributed by atoms with Crippen LogP contribution in [-0.2, 0) is 0 Å². The van der Waals surface area contributed by atoms with E-state index in [0.29, 0.717) is 17.5 Å². The fraction of sp³-hybridized carbons (Fsp3) is 0. The van der Waals surface area contributed by atoms with Crippen LogP contribution in [0.25, 0.3) is 111 Å². The van der Waals surface area contributed by atoms with Crippen molar-refractivity contribution in [2.24, 2.45) is 0 Å². The van der Waals surface area contributed by atoms with Crippen molar-refractivity contribution >= 4 is 32.4 Å². The number of fused-ring (bicyclic) bond motifs is 4. The van der Waals surface area contributed by atoms with Crippen LogP contribution in [0, 0.1) is 0 Å². The van der Waals surface area contributed by atoms with Gasteiger partial charge < -0.3 is 0 Å². The number of rotatable bonds is 7. The third-order valence-corrected chi connectivity index (χ3v) is 11.3. The van der Waals surface area contributed by atoms with Gasteiger partial charge in [0.25, 0.3) is 0 Å². The Morgan fingerprint density at radius 3 is 1.13 bits per heavy atom. The lowest BCUT2D eigenvalue weighted by molar-refractivity contribution is 1.07. The van der Waals surface area contributed by atoms with Crippen LogP contribution in [-0.4, -0.2) is 19.9 Å². The largest absolute Gasteiger partial charge is 0.247 e. The van der Waals surface area contributed by atoms with Crippen molar-refractivity contribution in [1.82, 2.24) is 19.9 Å². The highest BCUT2D eigenvalue weighted by Crippen LogP contribution is 2.37. The summed E-state index contributed by atoms with van der Waals surface area (Å²) in [7, 11) is 0. The predicted molar refractivity (Wildman–Crippen MR) is 248 cm³/mol. The lowest BCUT2D eigenvalue weighted by atomic mass is 9.95. The maximum atomic E-state index is 5.25. The summed E-state index contributed by atoms with van der Waals surface area (Å²) in [6.45, 7) is 0. The molecule has 0 spiro atoms. The smallest absolute Gasteiger partial charge is 0.164 e. The van der Waals surface area contributed by atoms with Crippen molar-refractivity contribution in [3.63, 3.8) is 0 Å². The van der Waals surface area contributed by atoms with Gasteiger partial charge in [-0.15, -0.1) is 0 Å². The van der Waals surface area contributed by atoms with Gasteiger partial charge in [0.2, 0.25) is 0 Å². The molecule has 4 heteroatoms. The van der Waals surface area contributed by atoms with Crippen molar-refractivity contribution in [1.29, 1.82) is 0 Å². The van der Waals surface area contributed by atoms with Gasteiger partial charge in [0, 0.05) is 33.0 Å². The molecule has 280 valence electrons. The molecule has 4 nitrogen and oxygen atoms in total. The third kappa shape index (κ3) is 6.66. The maximum Gasteiger partial charge on any atom is 0.164 e. The highest BCUT2D eigenvalue weighted by atomic mass is 15.0. The average molecular weight is 765 g/mol. The molecule has 0 amide bonds. The zero-order chi connectivity index (χ0) is 39.8. The monoisotopic (exact) mass is 764 g/mol. The van der Waals surface area contributed by atoms with Gasteiger partial charge in [-0.2, -0.15) is 0 Å². The predicted octanol–water partition coefficient (Wildman–Crippen LogP) is 14.4. The van der Waals surface area contributed by atoms with Crippen LogP contribution < -0.4 is 0 Å². The van der Waals surface area contributed by atoms with Gasteiger partial charge in [-0.3, -0.25) is 0 Å². The summed E-state index contributed by atoms with van der Waals surface area (Å²) < 4.78 is 0. The SMILES string of the molecule is c1ccc(-c2ccc(-c3nc(-c4ccc(-c5ccccc5)cc4)nc(-c4ccc(-c5cccc(-c6nc7ccccc7c7cc8ccccc8cc67)c5)cc4)n3)cc2)cc1. The molecule has 0 unspecified atom stereocenters. The van der Waals surface area contributed by atoms with E-state index in [1.54, 1.807) is 0 Å². The molecule has 0 aliphatic rings. The lowest BCUT2D eigenvalue weighted by Gasteiger charge is -2.13. The van der Waals surface area contributed by atoms with E-state index in [-0.39, 0.29) is 0 Å². The summed E-state index contributed by atoms with van der Waals surface area (Å²) in [6, 6.07) is 76.5. The van der Waals surface area contributed by atoms with Crippen molar-refractivity contribution in [3.05, 3.63) is 218 Å². The number of para-hydroxylation sites is 1. The minimum Gasteiger partial charge on any atom is -0.247 e. The van der Waals surface area contributed by atoms with E-state index >= 15 is 0 Å². The number of benzene rings is 9. The molecule has 11 aromatic rings. The molecule has 60 heavy (non-hydrogen) atoms. The lowest BCUT2D eigenvalue weighted by Crippen LogP contribution is -2.00. The average Bonchev–Trinajstić information content (AvgIpc) is 3.34. The van der Waals surface area contributed by atoms with E-state index in [1.807, 2.05) is 12.1 Å². The Bertz CT molecular complexity index is 3220. The summed E-state index contributed by atoms with van der Waals surface area (Å²) in [6.07, 6.45) is 0. The van der Waals surface area contributed by atoms with Gasteiger partial charge in [0.05, 0.1) is 11.2 Å². The first-order valence-electron chi connectivity index (χ1n) is 20.2. The molecule has 0 fully saturated rings. The van der Waals surface area contributed by atoms with Gasteiger partial charge in [-0.05, 0) is 73.8 Å². The van der Waals surface area contributed by atoms with Gasteiger partial charge in [-0.25, -0.2) is 19.9 Å². The van der Waals surface area contributed by atoms with Crippen LogP contribution in [0.4, 0.5) is 0 Å². The third-order valence-electron chi connectivity index (χ3n) is 11.3. The second kappa shape index (κ2) is 15.0. The van der Waals surface area contributed by atoms with Crippen LogP contribution in [0.3, 0.4) is 0 Å². The first-order valence-corrected chi connectivity index (χ1v) is 20.2. The topological polar surface area (TPSA) is 51.6 Å². The molecule has 0 aliphatic heterocycles. The molecule has 0 radical (unpaired) electrons. The van der Waals surface area contributed by atoms with Gasteiger partial charge in [0.1, 0.15) is 0 Å². The Balaban J connectivity index is 0.968. The maximum absolute atomic E-state index is 5.25. The zero-order valence-electron chi connectivity index (χ0n) is 32.6. The van der Waals surface area contributed by atoms with E-state index in [4.69, 9.17) is 19.9 Å². The Morgan fingerprint density at radius 2 is 0.600 bits per heavy atom. The van der Waals surface area contributed by atoms with Crippen molar-refractivity contribution in [2.45, 2.75) is 0 Å². The Kier molecular flexibility index (Phi) is 8.79. The molecule has 0 atom stereocenters. The molecule has 11 rings (SSSR count). The molecule has 0 aliphatic carbocycles. The molecule has 2 heterocycles. The summed E-state index contributed by atoms with van der Waals surface area (Å²) in [5.41, 5.74) is 12.6. The van der Waals surface area contributed by atoms with Gasteiger partial charge in [0.15, 0.2) is 17.5 Å². The van der Waals surface area contributed by atoms with Crippen LogP contribution in [0.15, 0.2) is 218 Å². The fourth-order valence-corrected chi connectivity index (χ4v) is 8.16. The minimum atomic E-state index is 0.619. The molecule has 0 bridgehead atoms. The van der Waals surface area contributed by atoms with E-state index in [2.05, 4.69) is 206 Å². The molecule has 0 saturated heterocycles. The quantitative estimate of drug-likeness (QED) is 0.120. The Morgan fingerprint density at radius 1 is 0.217 bits per heavy atom. The number of pyridine rings is 1. The molecular formula is C56H36N4. The van der Waals surface area contributed by atoms with Crippen molar-refractivity contribution < 1.29 is 0 Å². The Hall–Kier alpha value is -8.08. The van der Waals surface area contributed by atoms with Crippen LogP contribution in [0.1, 0.15) is 0 Å². The van der Waals surface area contributed by atoms with Gasteiger partial charge >= 0.3 is 0 Å². The Labute approximate surface area is 348 Å². The highest BCUT2D eigenvalue weighted by Gasteiger charge is 2.15. The number of nitrogens with zero attached hydrogens (tertiary/aromatic N) is 4. The van der Waals surface area contributed by atoms with Crippen LogP contribution in [0.2, 0.25) is 0 Å². The molecule has 2 aromatic heterocycles. The zero-order valence-corrected chi connectivity index (χ0v) is 32.6. The standard InChI is InChI=1S/C56H36N4/c1-3-12-37(13-4-1)39-22-28-42(29-23-39)54-58-55(43-30-24-40(25-31-43)38-14-5-2-6-15-38)60-56(59-54)44-32-26-41(27-33-44)45-18-11-19-48(34-45)53-51-36-47-17-8-7-16-46(47)35-50(51)49-20-9-10-21-52(49)57-53/h1-36H. The van der Waals surface area contributed by atoms with E-state index < -0.39 is 0 Å². The summed E-state index contributed by atoms with van der Waals surface area (Å²) in [5, 5.41) is 5.94. The number of hydrogen-bond acceptors (Lipinski definition) is 4. The number of aromatic nitrogens is 4. The molecule has 0 N–H and O–H groups in total. The summed E-state index contributed by atoms with van der Waals surface area (Å²) >= 11 is 0. The minimum absolute atomic E-state index is 0.619. The highest BCUT2D eigenvalue weighted by molar-refractivity contribution is 6.15. The summed E-state index contributed by atoms with van der Waals surface area (Å²) in [5.74, 6) is 1.87. The van der Waals surface area contributed by atoms with E-state index in [9.17, 15) is 0 Å². The fourth-order valence-electron chi connectivity index (χ4n) is 8.16. The first kappa shape index (κ1) is 35.1. The number of hydrogen-bond donors (Lipinski definition) is 0. The molecular weight excluding hydrogens is 729 g/mol. The van der Waals surface area contributed by atoms with Crippen LogP contribution >= 0.6 is 0 Å². The second-order valence-electron chi connectivity index (χ2n) is 15.1. The van der Waals surface area contributed by atoms with Gasteiger partial charge in [-0.1, -0.05) is 194 Å². The van der Waals surface area contributed by atoms with Crippen molar-refractivity contribution in [3.8, 4) is 78.8 Å².